The van der Waals surface area contributed by atoms with E-state index in [1.807, 2.05) is 13.0 Å². The number of nitrogens with zero attached hydrogens (tertiary/aromatic N) is 2. The summed E-state index contributed by atoms with van der Waals surface area (Å²) in [4.78, 5) is 36.6. The van der Waals surface area contributed by atoms with E-state index in [0.717, 1.165) is 6.42 Å². The molecule has 0 saturated heterocycles. The monoisotopic (exact) mass is 361 g/mol. The first kappa shape index (κ1) is 21.0. The Morgan fingerprint density at radius 2 is 1.92 bits per heavy atom. The zero-order valence-electron chi connectivity index (χ0n) is 15.2. The van der Waals surface area contributed by atoms with Gasteiger partial charge in [-0.05, 0) is 37.6 Å². The first-order valence-electron chi connectivity index (χ1n) is 8.21. The molecule has 0 heterocycles. The third-order valence-electron chi connectivity index (χ3n) is 3.34. The number of carbonyl (C=O) groups excluding carboxylic acids is 3. The van der Waals surface area contributed by atoms with Crippen LogP contribution in [0.5, 0.6) is 5.75 Å². The lowest BCUT2D eigenvalue weighted by Gasteiger charge is -2.18. The summed E-state index contributed by atoms with van der Waals surface area (Å²) in [5, 5.41) is 11.4. The number of rotatable bonds is 9. The molecule has 8 heteroatoms. The molecule has 0 radical (unpaired) electrons. The van der Waals surface area contributed by atoms with Crippen molar-refractivity contribution in [3.8, 4) is 11.8 Å². The van der Waals surface area contributed by atoms with Crippen LogP contribution in [0.1, 0.15) is 25.8 Å². The molecule has 0 unspecified atom stereocenters. The Kier molecular flexibility index (Phi) is 8.64. The summed E-state index contributed by atoms with van der Waals surface area (Å²) in [7, 11) is 1.46. The van der Waals surface area contributed by atoms with E-state index in [1.54, 1.807) is 24.3 Å². The molecule has 8 nitrogen and oxygen atoms in total. The van der Waals surface area contributed by atoms with Crippen molar-refractivity contribution in [3.05, 3.63) is 29.8 Å². The standard InChI is InChI=1S/C18H23N3O5/c1-4-9-20-16(22)11-21(3)17(23)12-25-18(24)13(2)26-15-7-5-14(10-19)6-8-15/h5-8,13H,4,9,11-12H2,1-3H3,(H,20,22)/t13-/m1/s1. The van der Waals surface area contributed by atoms with Gasteiger partial charge in [0.2, 0.25) is 5.91 Å². The third-order valence-corrected chi connectivity index (χ3v) is 3.34. The second-order valence-corrected chi connectivity index (χ2v) is 5.60. The molecular weight excluding hydrogens is 338 g/mol. The Balaban J connectivity index is 2.40. The van der Waals surface area contributed by atoms with Gasteiger partial charge < -0.3 is 19.7 Å². The van der Waals surface area contributed by atoms with Gasteiger partial charge in [-0.15, -0.1) is 0 Å². The number of carbonyl (C=O) groups is 3. The van der Waals surface area contributed by atoms with Crippen molar-refractivity contribution < 1.29 is 23.9 Å². The maximum absolute atomic E-state index is 11.9. The average Bonchev–Trinajstić information content (AvgIpc) is 2.64. The van der Waals surface area contributed by atoms with Crippen molar-refractivity contribution in [1.29, 1.82) is 5.26 Å². The largest absolute Gasteiger partial charge is 0.479 e. The molecule has 0 aliphatic carbocycles. The molecule has 0 aliphatic heterocycles. The van der Waals surface area contributed by atoms with Crippen LogP contribution in [0.3, 0.4) is 0 Å². The van der Waals surface area contributed by atoms with E-state index < -0.39 is 24.6 Å². The van der Waals surface area contributed by atoms with Crippen molar-refractivity contribution in [2.24, 2.45) is 0 Å². The third kappa shape index (κ3) is 7.21. The summed E-state index contributed by atoms with van der Waals surface area (Å²) < 4.78 is 10.3. The van der Waals surface area contributed by atoms with Crippen LogP contribution in [0.2, 0.25) is 0 Å². The van der Waals surface area contributed by atoms with Crippen LogP contribution in [0.4, 0.5) is 0 Å². The Bertz CT molecular complexity index is 666. The van der Waals surface area contributed by atoms with E-state index in [-0.39, 0.29) is 12.5 Å². The highest BCUT2D eigenvalue weighted by molar-refractivity contribution is 5.86. The molecule has 140 valence electrons. The maximum Gasteiger partial charge on any atom is 0.347 e. The molecule has 1 N–H and O–H groups in total. The van der Waals surface area contributed by atoms with Crippen LogP contribution in [0.15, 0.2) is 24.3 Å². The minimum atomic E-state index is -0.922. The number of hydrogen-bond acceptors (Lipinski definition) is 6. The number of benzene rings is 1. The number of hydrogen-bond donors (Lipinski definition) is 1. The molecule has 1 aromatic carbocycles. The van der Waals surface area contributed by atoms with Gasteiger partial charge in [-0.3, -0.25) is 9.59 Å². The van der Waals surface area contributed by atoms with E-state index >= 15 is 0 Å². The number of esters is 1. The fourth-order valence-electron chi connectivity index (χ4n) is 1.84. The lowest BCUT2D eigenvalue weighted by Crippen LogP contribution is -2.41. The van der Waals surface area contributed by atoms with Crippen molar-refractivity contribution in [1.82, 2.24) is 10.2 Å². The van der Waals surface area contributed by atoms with Gasteiger partial charge in [0.1, 0.15) is 5.75 Å². The van der Waals surface area contributed by atoms with Crippen LogP contribution in [0, 0.1) is 11.3 Å². The molecule has 0 aromatic heterocycles. The Labute approximate surface area is 152 Å². The van der Waals surface area contributed by atoms with Gasteiger partial charge in [-0.25, -0.2) is 4.79 Å². The summed E-state index contributed by atoms with van der Waals surface area (Å²) in [6, 6.07) is 8.24. The minimum Gasteiger partial charge on any atom is -0.479 e. The fraction of sp³-hybridized carbons (Fsp3) is 0.444. The highest BCUT2D eigenvalue weighted by Gasteiger charge is 2.20. The zero-order valence-corrected chi connectivity index (χ0v) is 15.2. The van der Waals surface area contributed by atoms with E-state index in [2.05, 4.69) is 5.32 Å². The maximum atomic E-state index is 11.9. The van der Waals surface area contributed by atoms with Crippen LogP contribution in [-0.4, -0.2) is 55.5 Å². The van der Waals surface area contributed by atoms with E-state index in [9.17, 15) is 14.4 Å². The van der Waals surface area contributed by atoms with Crippen LogP contribution < -0.4 is 10.1 Å². The predicted molar refractivity (Wildman–Crippen MR) is 93.1 cm³/mol. The minimum absolute atomic E-state index is 0.103. The number of nitrogens with one attached hydrogen (secondary N) is 1. The molecule has 26 heavy (non-hydrogen) atoms. The van der Waals surface area contributed by atoms with Gasteiger partial charge in [0, 0.05) is 13.6 Å². The number of nitriles is 1. The number of likely N-dealkylation sites (N-methyl/N-ethyl adjacent to an activating group) is 1. The van der Waals surface area contributed by atoms with Gasteiger partial charge in [-0.2, -0.15) is 5.26 Å². The molecule has 1 rings (SSSR count). The molecule has 1 atom stereocenters. The summed E-state index contributed by atoms with van der Waals surface area (Å²) >= 11 is 0. The summed E-state index contributed by atoms with van der Waals surface area (Å²) in [6.45, 7) is 3.38. The lowest BCUT2D eigenvalue weighted by atomic mass is 10.2. The molecule has 0 saturated carbocycles. The van der Waals surface area contributed by atoms with Crippen molar-refractivity contribution in [3.63, 3.8) is 0 Å². The van der Waals surface area contributed by atoms with Crippen LogP contribution in [0.25, 0.3) is 0 Å². The molecule has 2 amide bonds. The fourth-order valence-corrected chi connectivity index (χ4v) is 1.84. The predicted octanol–water partition coefficient (Wildman–Crippen LogP) is 0.853. The number of ether oxygens (including phenoxy) is 2. The SMILES string of the molecule is CCCNC(=O)CN(C)C(=O)COC(=O)[C@@H](C)Oc1ccc(C#N)cc1. The molecule has 1 aromatic rings. The van der Waals surface area contributed by atoms with Crippen molar-refractivity contribution >= 4 is 17.8 Å². The Morgan fingerprint density at radius 3 is 2.50 bits per heavy atom. The summed E-state index contributed by atoms with van der Waals surface area (Å²) in [5.41, 5.74) is 0.476. The van der Waals surface area contributed by atoms with Gasteiger partial charge in [0.15, 0.2) is 12.7 Å². The van der Waals surface area contributed by atoms with E-state index in [1.165, 1.54) is 18.9 Å². The van der Waals surface area contributed by atoms with Crippen LogP contribution in [-0.2, 0) is 19.1 Å². The van der Waals surface area contributed by atoms with E-state index in [4.69, 9.17) is 14.7 Å². The van der Waals surface area contributed by atoms with Crippen molar-refractivity contribution in [2.45, 2.75) is 26.4 Å². The number of amides is 2. The second-order valence-electron chi connectivity index (χ2n) is 5.60. The normalized spacial score (nSPS) is 11.0. The summed E-state index contributed by atoms with van der Waals surface area (Å²) in [5.74, 6) is -1.06. The zero-order chi connectivity index (χ0) is 19.5. The lowest BCUT2D eigenvalue weighted by molar-refractivity contribution is -0.157. The topological polar surface area (TPSA) is 109 Å². The first-order valence-corrected chi connectivity index (χ1v) is 8.21. The molecular formula is C18H23N3O5. The smallest absolute Gasteiger partial charge is 0.347 e. The Morgan fingerprint density at radius 1 is 1.27 bits per heavy atom. The first-order chi connectivity index (χ1) is 12.4. The van der Waals surface area contributed by atoms with Crippen LogP contribution >= 0.6 is 0 Å². The highest BCUT2D eigenvalue weighted by Crippen LogP contribution is 2.13. The average molecular weight is 361 g/mol. The quantitative estimate of drug-likeness (QED) is 0.653. The Hall–Kier alpha value is -3.08. The molecule has 0 aliphatic rings. The molecule has 0 bridgehead atoms. The molecule has 0 spiro atoms. The second kappa shape index (κ2) is 10.7. The van der Waals surface area contributed by atoms with Crippen molar-refractivity contribution in [2.75, 3.05) is 26.7 Å². The van der Waals surface area contributed by atoms with Gasteiger partial charge in [0.05, 0.1) is 18.2 Å². The highest BCUT2D eigenvalue weighted by atomic mass is 16.6. The van der Waals surface area contributed by atoms with Gasteiger partial charge in [-0.1, -0.05) is 6.92 Å². The van der Waals surface area contributed by atoms with E-state index in [0.29, 0.717) is 17.9 Å². The summed E-state index contributed by atoms with van der Waals surface area (Å²) in [6.07, 6.45) is -0.119. The van der Waals surface area contributed by atoms with Gasteiger partial charge >= 0.3 is 5.97 Å². The molecule has 0 fully saturated rings. The van der Waals surface area contributed by atoms with Gasteiger partial charge in [0.25, 0.3) is 5.91 Å².